The SMILES string of the molecule is O=C(Cc1csc(-c2cccnc2)n1)N1CCC(c2nc3ccccc3s2)CC1. The summed E-state index contributed by atoms with van der Waals surface area (Å²) in [5.74, 6) is 0.615. The molecule has 0 N–H and O–H groups in total. The summed E-state index contributed by atoms with van der Waals surface area (Å²) in [6.07, 6.45) is 5.87. The molecule has 4 aromatic rings. The number of nitrogens with zero attached hydrogens (tertiary/aromatic N) is 4. The molecule has 0 aliphatic carbocycles. The fourth-order valence-corrected chi connectivity index (χ4v) is 5.66. The zero-order valence-corrected chi connectivity index (χ0v) is 17.5. The van der Waals surface area contributed by atoms with Gasteiger partial charge in [-0.3, -0.25) is 9.78 Å². The Hall–Kier alpha value is -2.64. The Kier molecular flexibility index (Phi) is 5.08. The minimum Gasteiger partial charge on any atom is -0.342 e. The van der Waals surface area contributed by atoms with E-state index in [1.165, 1.54) is 9.71 Å². The summed E-state index contributed by atoms with van der Waals surface area (Å²) < 4.78 is 1.24. The van der Waals surface area contributed by atoms with E-state index in [0.29, 0.717) is 12.3 Å². The Morgan fingerprint density at radius 2 is 1.97 bits per heavy atom. The number of benzene rings is 1. The average molecular weight is 421 g/mol. The summed E-state index contributed by atoms with van der Waals surface area (Å²) in [5.41, 5.74) is 2.92. The summed E-state index contributed by atoms with van der Waals surface area (Å²) >= 11 is 3.35. The molecule has 146 valence electrons. The largest absolute Gasteiger partial charge is 0.342 e. The van der Waals surface area contributed by atoms with Crippen LogP contribution in [0.2, 0.25) is 0 Å². The van der Waals surface area contributed by atoms with Crippen LogP contribution < -0.4 is 0 Å². The minimum absolute atomic E-state index is 0.163. The molecule has 3 aromatic heterocycles. The van der Waals surface area contributed by atoms with E-state index in [-0.39, 0.29) is 5.91 Å². The molecule has 0 bridgehead atoms. The predicted molar refractivity (Wildman–Crippen MR) is 117 cm³/mol. The van der Waals surface area contributed by atoms with E-state index in [2.05, 4.69) is 28.2 Å². The first-order valence-electron chi connectivity index (χ1n) is 9.74. The third kappa shape index (κ3) is 3.93. The van der Waals surface area contributed by atoms with Gasteiger partial charge in [-0.1, -0.05) is 12.1 Å². The maximum Gasteiger partial charge on any atom is 0.228 e. The van der Waals surface area contributed by atoms with Gasteiger partial charge >= 0.3 is 0 Å². The van der Waals surface area contributed by atoms with Crippen molar-refractivity contribution in [1.29, 1.82) is 0 Å². The fraction of sp³-hybridized carbons (Fsp3) is 0.273. The van der Waals surface area contributed by atoms with E-state index in [0.717, 1.165) is 47.7 Å². The Labute approximate surface area is 177 Å². The standard InChI is InChI=1S/C22H20N4OS2/c27-20(12-17-14-28-21(24-17)16-4-3-9-23-13-16)26-10-7-15(8-11-26)22-25-18-5-1-2-6-19(18)29-22/h1-6,9,13-15H,7-8,10-12H2. The number of amides is 1. The molecule has 1 aromatic carbocycles. The molecule has 1 aliphatic heterocycles. The van der Waals surface area contributed by atoms with Crippen LogP contribution in [0.5, 0.6) is 0 Å². The normalized spacial score (nSPS) is 15.1. The first-order chi connectivity index (χ1) is 14.3. The van der Waals surface area contributed by atoms with Crippen LogP contribution in [0, 0.1) is 0 Å². The second-order valence-electron chi connectivity index (χ2n) is 7.24. The van der Waals surface area contributed by atoms with Gasteiger partial charge in [-0.2, -0.15) is 0 Å². The Balaban J connectivity index is 1.20. The number of fused-ring (bicyclic) bond motifs is 1. The van der Waals surface area contributed by atoms with Crippen LogP contribution in [0.25, 0.3) is 20.8 Å². The topological polar surface area (TPSA) is 59.0 Å². The van der Waals surface area contributed by atoms with Gasteiger partial charge in [0.1, 0.15) is 5.01 Å². The van der Waals surface area contributed by atoms with Crippen molar-refractivity contribution < 1.29 is 4.79 Å². The van der Waals surface area contributed by atoms with Crippen LogP contribution in [0.4, 0.5) is 0 Å². The van der Waals surface area contributed by atoms with Crippen molar-refractivity contribution in [3.8, 4) is 10.6 Å². The van der Waals surface area contributed by atoms with Gasteiger partial charge in [-0.25, -0.2) is 9.97 Å². The van der Waals surface area contributed by atoms with Crippen molar-refractivity contribution >= 4 is 38.8 Å². The number of piperidine rings is 1. The molecule has 0 spiro atoms. The van der Waals surface area contributed by atoms with E-state index >= 15 is 0 Å². The highest BCUT2D eigenvalue weighted by Crippen LogP contribution is 2.34. The van der Waals surface area contributed by atoms with Gasteiger partial charge in [0.25, 0.3) is 0 Å². The maximum absolute atomic E-state index is 12.8. The van der Waals surface area contributed by atoms with Crippen LogP contribution in [0.3, 0.4) is 0 Å². The van der Waals surface area contributed by atoms with Crippen LogP contribution in [0.15, 0.2) is 54.2 Å². The van der Waals surface area contributed by atoms with Gasteiger partial charge in [0.15, 0.2) is 0 Å². The molecule has 5 nitrogen and oxygen atoms in total. The zero-order chi connectivity index (χ0) is 19.6. The van der Waals surface area contributed by atoms with Gasteiger partial charge in [-0.05, 0) is 37.1 Å². The molecule has 0 saturated carbocycles. The lowest BCUT2D eigenvalue weighted by atomic mass is 9.97. The highest BCUT2D eigenvalue weighted by atomic mass is 32.1. The molecule has 0 unspecified atom stereocenters. The number of thiazole rings is 2. The van der Waals surface area contributed by atoms with E-state index in [9.17, 15) is 4.79 Å². The first-order valence-corrected chi connectivity index (χ1v) is 11.4. The third-order valence-electron chi connectivity index (χ3n) is 5.30. The predicted octanol–water partition coefficient (Wildman–Crippen LogP) is 4.76. The van der Waals surface area contributed by atoms with E-state index in [1.54, 1.807) is 35.1 Å². The Morgan fingerprint density at radius 1 is 1.10 bits per heavy atom. The van der Waals surface area contributed by atoms with Crippen LogP contribution in [-0.4, -0.2) is 38.8 Å². The highest BCUT2D eigenvalue weighted by molar-refractivity contribution is 7.18. The monoisotopic (exact) mass is 420 g/mol. The molecule has 1 aliphatic rings. The number of hydrogen-bond donors (Lipinski definition) is 0. The number of carbonyl (C=O) groups is 1. The molecule has 1 amide bonds. The van der Waals surface area contributed by atoms with Crippen molar-refractivity contribution in [3.05, 3.63) is 64.9 Å². The lowest BCUT2D eigenvalue weighted by Crippen LogP contribution is -2.38. The number of carbonyl (C=O) groups excluding carboxylic acids is 1. The van der Waals surface area contributed by atoms with Crippen LogP contribution in [-0.2, 0) is 11.2 Å². The molecule has 0 atom stereocenters. The van der Waals surface area contributed by atoms with Gasteiger partial charge in [-0.15, -0.1) is 22.7 Å². The van der Waals surface area contributed by atoms with Gasteiger partial charge in [0, 0.05) is 42.3 Å². The van der Waals surface area contributed by atoms with Crippen molar-refractivity contribution in [3.63, 3.8) is 0 Å². The van der Waals surface area contributed by atoms with E-state index in [4.69, 9.17) is 4.98 Å². The summed E-state index contributed by atoms with van der Waals surface area (Å²) in [7, 11) is 0. The van der Waals surface area contributed by atoms with Gasteiger partial charge in [0.05, 0.1) is 27.3 Å². The summed E-state index contributed by atoms with van der Waals surface area (Å²) in [4.78, 5) is 28.3. The lowest BCUT2D eigenvalue weighted by Gasteiger charge is -2.31. The summed E-state index contributed by atoms with van der Waals surface area (Å²) in [5, 5.41) is 4.10. The van der Waals surface area contributed by atoms with Crippen molar-refractivity contribution in [1.82, 2.24) is 19.9 Å². The smallest absolute Gasteiger partial charge is 0.228 e. The molecule has 4 heterocycles. The number of likely N-dealkylation sites (tertiary alicyclic amines) is 1. The minimum atomic E-state index is 0.163. The molecule has 29 heavy (non-hydrogen) atoms. The van der Waals surface area contributed by atoms with Crippen molar-refractivity contribution in [2.24, 2.45) is 0 Å². The molecule has 1 saturated heterocycles. The highest BCUT2D eigenvalue weighted by Gasteiger charge is 2.26. The van der Waals surface area contributed by atoms with Gasteiger partial charge < -0.3 is 4.90 Å². The van der Waals surface area contributed by atoms with Gasteiger partial charge in [0.2, 0.25) is 5.91 Å². The third-order valence-corrected chi connectivity index (χ3v) is 7.44. The number of pyridine rings is 1. The molecular weight excluding hydrogens is 400 g/mol. The zero-order valence-electron chi connectivity index (χ0n) is 15.8. The quantitative estimate of drug-likeness (QED) is 0.477. The van der Waals surface area contributed by atoms with E-state index in [1.807, 2.05) is 28.5 Å². The molecule has 0 radical (unpaired) electrons. The van der Waals surface area contributed by atoms with Crippen LogP contribution >= 0.6 is 22.7 Å². The Morgan fingerprint density at radius 3 is 2.76 bits per heavy atom. The number of para-hydroxylation sites is 1. The Bertz CT molecular complexity index is 1100. The van der Waals surface area contributed by atoms with E-state index < -0.39 is 0 Å². The molecule has 7 heteroatoms. The number of aromatic nitrogens is 3. The maximum atomic E-state index is 12.8. The number of rotatable bonds is 4. The second-order valence-corrected chi connectivity index (χ2v) is 9.16. The van der Waals surface area contributed by atoms with Crippen LogP contribution in [0.1, 0.15) is 29.5 Å². The summed E-state index contributed by atoms with van der Waals surface area (Å²) in [6, 6.07) is 12.2. The second kappa shape index (κ2) is 8.00. The fourth-order valence-electron chi connectivity index (χ4n) is 3.72. The van der Waals surface area contributed by atoms with Crippen molar-refractivity contribution in [2.45, 2.75) is 25.2 Å². The summed E-state index contributed by atoms with van der Waals surface area (Å²) in [6.45, 7) is 1.58. The molecule has 5 rings (SSSR count). The first kappa shape index (κ1) is 18.4. The lowest BCUT2D eigenvalue weighted by molar-refractivity contribution is -0.131. The molecule has 1 fully saturated rings. The van der Waals surface area contributed by atoms with Crippen molar-refractivity contribution in [2.75, 3.05) is 13.1 Å². The average Bonchev–Trinajstić information content (AvgIpc) is 3.41. The number of hydrogen-bond acceptors (Lipinski definition) is 6. The molecular formula is C22H20N4OS2.